The van der Waals surface area contributed by atoms with Crippen molar-refractivity contribution in [2.45, 2.75) is 26.8 Å². The van der Waals surface area contributed by atoms with Crippen molar-refractivity contribution >= 4 is 17.0 Å². The number of nitrogens with two attached hydrogens (primary N) is 1. The molecule has 0 aliphatic carbocycles. The van der Waals surface area contributed by atoms with Crippen LogP contribution >= 0.6 is 0 Å². The maximum Gasteiger partial charge on any atom is 0.201 e. The topological polar surface area (TPSA) is 53.1 Å². The van der Waals surface area contributed by atoms with Crippen LogP contribution in [-0.2, 0) is 6.54 Å². The van der Waals surface area contributed by atoms with Crippen LogP contribution in [0.1, 0.15) is 20.3 Å². The summed E-state index contributed by atoms with van der Waals surface area (Å²) in [6.07, 6.45) is 1.13. The monoisotopic (exact) mass is 233 g/mol. The number of hydrogen-bond acceptors (Lipinski definition) is 3. The molecule has 2 aromatic rings. The fraction of sp³-hybridized carbons (Fsp3) is 0.462. The van der Waals surface area contributed by atoms with Crippen molar-refractivity contribution in [1.29, 1.82) is 0 Å². The van der Waals surface area contributed by atoms with Gasteiger partial charge >= 0.3 is 0 Å². The average Bonchev–Trinajstić information content (AvgIpc) is 2.64. The van der Waals surface area contributed by atoms with Gasteiger partial charge in [0.05, 0.1) is 18.1 Å². The van der Waals surface area contributed by atoms with Gasteiger partial charge in [-0.1, -0.05) is 20.3 Å². The fourth-order valence-corrected chi connectivity index (χ4v) is 1.89. The van der Waals surface area contributed by atoms with E-state index in [1.807, 2.05) is 18.2 Å². The first-order valence-electron chi connectivity index (χ1n) is 5.95. The molecule has 0 amide bonds. The van der Waals surface area contributed by atoms with E-state index in [1.165, 1.54) is 0 Å². The van der Waals surface area contributed by atoms with Crippen LogP contribution in [-0.4, -0.2) is 16.7 Å². The third kappa shape index (κ3) is 2.20. The van der Waals surface area contributed by atoms with Gasteiger partial charge in [-0.15, -0.1) is 0 Å². The molecule has 0 spiro atoms. The SMILES string of the molecule is CCC(C)Cn1c(N)nc2cc(OC)ccc21. The number of rotatable bonds is 4. The number of nitrogen functional groups attached to an aromatic ring is 1. The predicted molar refractivity (Wildman–Crippen MR) is 70.2 cm³/mol. The summed E-state index contributed by atoms with van der Waals surface area (Å²) in [5, 5.41) is 0. The summed E-state index contributed by atoms with van der Waals surface area (Å²) in [4.78, 5) is 4.37. The van der Waals surface area contributed by atoms with Gasteiger partial charge in [0.1, 0.15) is 5.75 Å². The zero-order valence-corrected chi connectivity index (χ0v) is 10.6. The number of benzene rings is 1. The third-order valence-electron chi connectivity index (χ3n) is 3.18. The maximum absolute atomic E-state index is 5.96. The largest absolute Gasteiger partial charge is 0.497 e. The zero-order valence-electron chi connectivity index (χ0n) is 10.6. The molecule has 0 saturated carbocycles. The molecule has 2 rings (SSSR count). The molecule has 0 bridgehead atoms. The minimum atomic E-state index is 0.577. The Bertz CT molecular complexity index is 519. The minimum Gasteiger partial charge on any atom is -0.497 e. The molecule has 0 aliphatic rings. The number of aromatic nitrogens is 2. The van der Waals surface area contributed by atoms with Gasteiger partial charge in [-0.05, 0) is 18.1 Å². The molecule has 1 atom stereocenters. The molecule has 0 fully saturated rings. The Morgan fingerprint density at radius 3 is 2.88 bits per heavy atom. The maximum atomic E-state index is 5.96. The summed E-state index contributed by atoms with van der Waals surface area (Å²) in [6.45, 7) is 5.31. The van der Waals surface area contributed by atoms with Gasteiger partial charge in [0, 0.05) is 12.6 Å². The van der Waals surface area contributed by atoms with E-state index in [0.29, 0.717) is 11.9 Å². The van der Waals surface area contributed by atoms with E-state index in [-0.39, 0.29) is 0 Å². The molecular formula is C13H19N3O. The number of methoxy groups -OCH3 is 1. The lowest BCUT2D eigenvalue weighted by Gasteiger charge is -2.11. The Labute approximate surface area is 101 Å². The molecule has 0 saturated heterocycles. The highest BCUT2D eigenvalue weighted by molar-refractivity contribution is 5.79. The summed E-state index contributed by atoms with van der Waals surface area (Å²) in [7, 11) is 1.65. The quantitative estimate of drug-likeness (QED) is 0.883. The van der Waals surface area contributed by atoms with Gasteiger partial charge in [0.25, 0.3) is 0 Å². The van der Waals surface area contributed by atoms with Gasteiger partial charge < -0.3 is 15.0 Å². The molecule has 1 aromatic heterocycles. The molecular weight excluding hydrogens is 214 g/mol. The number of imidazole rings is 1. The standard InChI is InChI=1S/C13H19N3O/c1-4-9(2)8-16-12-6-5-10(17-3)7-11(12)15-13(16)14/h5-7,9H,4,8H2,1-3H3,(H2,14,15). The van der Waals surface area contributed by atoms with Gasteiger partial charge in [0.2, 0.25) is 5.95 Å². The Hall–Kier alpha value is -1.71. The minimum absolute atomic E-state index is 0.577. The molecule has 4 nitrogen and oxygen atoms in total. The van der Waals surface area contributed by atoms with Crippen molar-refractivity contribution in [1.82, 2.24) is 9.55 Å². The van der Waals surface area contributed by atoms with Crippen molar-refractivity contribution in [2.24, 2.45) is 5.92 Å². The molecule has 92 valence electrons. The van der Waals surface area contributed by atoms with E-state index < -0.39 is 0 Å². The molecule has 0 radical (unpaired) electrons. The lowest BCUT2D eigenvalue weighted by atomic mass is 10.1. The molecule has 2 N–H and O–H groups in total. The van der Waals surface area contributed by atoms with E-state index in [1.54, 1.807) is 7.11 Å². The van der Waals surface area contributed by atoms with Gasteiger partial charge in [0.15, 0.2) is 0 Å². The third-order valence-corrected chi connectivity index (χ3v) is 3.18. The Morgan fingerprint density at radius 2 is 2.24 bits per heavy atom. The van der Waals surface area contributed by atoms with E-state index >= 15 is 0 Å². The van der Waals surface area contributed by atoms with E-state index in [0.717, 1.165) is 29.7 Å². The molecule has 1 aromatic carbocycles. The van der Waals surface area contributed by atoms with Crippen LogP contribution in [0, 0.1) is 5.92 Å². The van der Waals surface area contributed by atoms with Gasteiger partial charge in [-0.25, -0.2) is 4.98 Å². The smallest absolute Gasteiger partial charge is 0.201 e. The molecule has 1 heterocycles. The number of anilines is 1. The van der Waals surface area contributed by atoms with Gasteiger partial charge in [-0.2, -0.15) is 0 Å². The lowest BCUT2D eigenvalue weighted by molar-refractivity contribution is 0.415. The summed E-state index contributed by atoms with van der Waals surface area (Å²) in [6, 6.07) is 5.87. The van der Waals surface area contributed by atoms with Crippen LogP contribution < -0.4 is 10.5 Å². The Kier molecular flexibility index (Phi) is 3.22. The van der Waals surface area contributed by atoms with E-state index in [9.17, 15) is 0 Å². The van der Waals surface area contributed by atoms with Crippen LogP contribution in [0.2, 0.25) is 0 Å². The number of nitrogens with zero attached hydrogens (tertiary/aromatic N) is 2. The lowest BCUT2D eigenvalue weighted by Crippen LogP contribution is -2.09. The van der Waals surface area contributed by atoms with Crippen LogP contribution in [0.5, 0.6) is 5.75 Å². The van der Waals surface area contributed by atoms with Crippen LogP contribution in [0.15, 0.2) is 18.2 Å². The first kappa shape index (κ1) is 11.8. The fourth-order valence-electron chi connectivity index (χ4n) is 1.89. The van der Waals surface area contributed by atoms with Crippen molar-refractivity contribution in [2.75, 3.05) is 12.8 Å². The van der Waals surface area contributed by atoms with Crippen LogP contribution in [0.25, 0.3) is 11.0 Å². The Morgan fingerprint density at radius 1 is 1.47 bits per heavy atom. The van der Waals surface area contributed by atoms with Crippen LogP contribution in [0.4, 0.5) is 5.95 Å². The molecule has 1 unspecified atom stereocenters. The first-order valence-corrected chi connectivity index (χ1v) is 5.95. The number of hydrogen-bond donors (Lipinski definition) is 1. The normalized spacial score (nSPS) is 12.9. The molecule has 4 heteroatoms. The Balaban J connectivity index is 2.45. The molecule has 0 aliphatic heterocycles. The zero-order chi connectivity index (χ0) is 12.4. The van der Waals surface area contributed by atoms with Gasteiger partial charge in [-0.3, -0.25) is 0 Å². The summed E-state index contributed by atoms with van der Waals surface area (Å²) >= 11 is 0. The second-order valence-electron chi connectivity index (χ2n) is 4.45. The van der Waals surface area contributed by atoms with Crippen molar-refractivity contribution in [3.63, 3.8) is 0 Å². The average molecular weight is 233 g/mol. The van der Waals surface area contributed by atoms with Crippen LogP contribution in [0.3, 0.4) is 0 Å². The molecule has 17 heavy (non-hydrogen) atoms. The number of fused-ring (bicyclic) bond motifs is 1. The highest BCUT2D eigenvalue weighted by Crippen LogP contribution is 2.24. The van der Waals surface area contributed by atoms with E-state index in [2.05, 4.69) is 23.4 Å². The summed E-state index contributed by atoms with van der Waals surface area (Å²) in [5.74, 6) is 1.98. The van der Waals surface area contributed by atoms with Crippen molar-refractivity contribution in [3.05, 3.63) is 18.2 Å². The second kappa shape index (κ2) is 4.65. The summed E-state index contributed by atoms with van der Waals surface area (Å²) < 4.78 is 7.26. The predicted octanol–water partition coefficient (Wildman–Crippen LogP) is 2.67. The number of ether oxygens (including phenoxy) is 1. The highest BCUT2D eigenvalue weighted by atomic mass is 16.5. The second-order valence-corrected chi connectivity index (χ2v) is 4.45. The van der Waals surface area contributed by atoms with E-state index in [4.69, 9.17) is 10.5 Å². The highest BCUT2D eigenvalue weighted by Gasteiger charge is 2.11. The first-order chi connectivity index (χ1) is 8.15. The summed E-state index contributed by atoms with van der Waals surface area (Å²) in [5.41, 5.74) is 7.93. The van der Waals surface area contributed by atoms with Crippen molar-refractivity contribution in [3.8, 4) is 5.75 Å². The van der Waals surface area contributed by atoms with Crippen molar-refractivity contribution < 1.29 is 4.74 Å².